The van der Waals surface area contributed by atoms with Gasteiger partial charge in [-0.15, -0.1) is 0 Å². The summed E-state index contributed by atoms with van der Waals surface area (Å²) in [4.78, 5) is 0. The van der Waals surface area contributed by atoms with Crippen LogP contribution in [0.2, 0.25) is 0 Å². The maximum Gasteiger partial charge on any atom is -0.00105 e. The van der Waals surface area contributed by atoms with Gasteiger partial charge in [0, 0.05) is 0 Å². The van der Waals surface area contributed by atoms with Gasteiger partial charge >= 0.3 is 0 Å². The summed E-state index contributed by atoms with van der Waals surface area (Å²) >= 11 is 0. The first-order chi connectivity index (χ1) is 9.27. The second-order valence-corrected chi connectivity index (χ2v) is 5.48. The Morgan fingerprint density at radius 3 is 2.26 bits per heavy atom. The van der Waals surface area contributed by atoms with Crippen molar-refractivity contribution in [1.29, 1.82) is 0 Å². The van der Waals surface area contributed by atoms with Gasteiger partial charge in [-0.3, -0.25) is 0 Å². The molecular weight excluding hydrogens is 228 g/mol. The zero-order valence-corrected chi connectivity index (χ0v) is 11.3. The predicted octanol–water partition coefficient (Wildman–Crippen LogP) is 5.03. The SMILES string of the molecule is Cc1c2c(c3ccccc3c1C)-c1ccccc1C2. The van der Waals surface area contributed by atoms with Crippen LogP contribution in [0.25, 0.3) is 21.9 Å². The van der Waals surface area contributed by atoms with Crippen molar-refractivity contribution in [2.24, 2.45) is 0 Å². The highest BCUT2D eigenvalue weighted by molar-refractivity contribution is 6.03. The first-order valence-corrected chi connectivity index (χ1v) is 6.86. The van der Waals surface area contributed by atoms with E-state index < -0.39 is 0 Å². The first kappa shape index (κ1) is 10.8. The molecule has 0 heteroatoms. The molecule has 92 valence electrons. The largest absolute Gasteiger partial charge is 0.0619 e. The Morgan fingerprint density at radius 2 is 1.42 bits per heavy atom. The minimum absolute atomic E-state index is 1.09. The lowest BCUT2D eigenvalue weighted by atomic mass is 9.90. The highest BCUT2D eigenvalue weighted by atomic mass is 14.3. The monoisotopic (exact) mass is 244 g/mol. The first-order valence-electron chi connectivity index (χ1n) is 6.86. The van der Waals surface area contributed by atoms with Crippen molar-refractivity contribution in [2.45, 2.75) is 20.3 Å². The maximum atomic E-state index is 2.27. The summed E-state index contributed by atoms with van der Waals surface area (Å²) in [6, 6.07) is 17.6. The Balaban J connectivity index is 2.23. The van der Waals surface area contributed by atoms with Crippen LogP contribution in [-0.4, -0.2) is 0 Å². The Hall–Kier alpha value is -2.08. The number of hydrogen-bond donors (Lipinski definition) is 0. The van der Waals surface area contributed by atoms with Crippen LogP contribution in [0.4, 0.5) is 0 Å². The third-order valence-corrected chi connectivity index (χ3v) is 4.57. The third kappa shape index (κ3) is 1.34. The summed E-state index contributed by atoms with van der Waals surface area (Å²) in [7, 11) is 0. The van der Waals surface area contributed by atoms with Crippen LogP contribution in [0.1, 0.15) is 22.3 Å². The second kappa shape index (κ2) is 3.71. The molecule has 0 amide bonds. The van der Waals surface area contributed by atoms with E-state index in [-0.39, 0.29) is 0 Å². The fourth-order valence-corrected chi connectivity index (χ4v) is 3.44. The van der Waals surface area contributed by atoms with Crippen molar-refractivity contribution >= 4 is 10.8 Å². The molecule has 1 aliphatic rings. The maximum absolute atomic E-state index is 2.27. The molecule has 0 saturated heterocycles. The van der Waals surface area contributed by atoms with Crippen LogP contribution >= 0.6 is 0 Å². The Kier molecular flexibility index (Phi) is 2.11. The van der Waals surface area contributed by atoms with Gasteiger partial charge in [0.05, 0.1) is 0 Å². The molecule has 3 aromatic carbocycles. The topological polar surface area (TPSA) is 0 Å². The highest BCUT2D eigenvalue weighted by Gasteiger charge is 2.23. The van der Waals surface area contributed by atoms with Crippen molar-refractivity contribution in [3.8, 4) is 11.1 Å². The summed E-state index contributed by atoms with van der Waals surface area (Å²) in [6.07, 6.45) is 1.09. The van der Waals surface area contributed by atoms with E-state index >= 15 is 0 Å². The van der Waals surface area contributed by atoms with Gasteiger partial charge in [0.2, 0.25) is 0 Å². The van der Waals surface area contributed by atoms with Gasteiger partial charge < -0.3 is 0 Å². The van der Waals surface area contributed by atoms with E-state index in [2.05, 4.69) is 62.4 Å². The minimum Gasteiger partial charge on any atom is -0.0619 e. The van der Waals surface area contributed by atoms with Gasteiger partial charge in [0.15, 0.2) is 0 Å². The molecule has 1 aliphatic carbocycles. The van der Waals surface area contributed by atoms with Gasteiger partial charge in [-0.05, 0) is 64.4 Å². The fraction of sp³-hybridized carbons (Fsp3) is 0.158. The standard InChI is InChI=1S/C19H16/c1-12-13(2)18-11-14-7-3-4-9-16(14)19(18)17-10-6-5-8-15(12)17/h3-10H,11H2,1-2H3. The van der Waals surface area contributed by atoms with Crippen LogP contribution in [0.3, 0.4) is 0 Å². The molecule has 0 heterocycles. The van der Waals surface area contributed by atoms with Crippen molar-refractivity contribution < 1.29 is 0 Å². The molecule has 0 aliphatic heterocycles. The minimum atomic E-state index is 1.09. The van der Waals surface area contributed by atoms with Gasteiger partial charge in [0.1, 0.15) is 0 Å². The zero-order chi connectivity index (χ0) is 13.0. The van der Waals surface area contributed by atoms with Gasteiger partial charge in [-0.1, -0.05) is 48.5 Å². The molecule has 0 unspecified atom stereocenters. The van der Waals surface area contributed by atoms with Gasteiger partial charge in [0.25, 0.3) is 0 Å². The lowest BCUT2D eigenvalue weighted by Crippen LogP contribution is -1.93. The molecule has 0 atom stereocenters. The number of aryl methyl sites for hydroxylation is 1. The van der Waals surface area contributed by atoms with Crippen molar-refractivity contribution in [3.63, 3.8) is 0 Å². The molecule has 4 rings (SSSR count). The number of hydrogen-bond acceptors (Lipinski definition) is 0. The summed E-state index contributed by atoms with van der Waals surface area (Å²) in [5, 5.41) is 2.81. The van der Waals surface area contributed by atoms with Crippen molar-refractivity contribution in [1.82, 2.24) is 0 Å². The van der Waals surface area contributed by atoms with Gasteiger partial charge in [-0.2, -0.15) is 0 Å². The predicted molar refractivity (Wildman–Crippen MR) is 81.7 cm³/mol. The molecule has 0 radical (unpaired) electrons. The fourth-order valence-electron chi connectivity index (χ4n) is 3.44. The van der Waals surface area contributed by atoms with E-state index in [0.717, 1.165) is 6.42 Å². The average molecular weight is 244 g/mol. The van der Waals surface area contributed by atoms with E-state index in [4.69, 9.17) is 0 Å². The third-order valence-electron chi connectivity index (χ3n) is 4.57. The smallest absolute Gasteiger partial charge is 0.00105 e. The average Bonchev–Trinajstić information content (AvgIpc) is 2.84. The Morgan fingerprint density at radius 1 is 0.737 bits per heavy atom. The Bertz CT molecular complexity index is 810. The highest BCUT2D eigenvalue weighted by Crippen LogP contribution is 2.44. The van der Waals surface area contributed by atoms with Gasteiger partial charge in [-0.25, -0.2) is 0 Å². The van der Waals surface area contributed by atoms with Crippen LogP contribution in [0, 0.1) is 13.8 Å². The molecule has 0 spiro atoms. The van der Waals surface area contributed by atoms with E-state index in [0.29, 0.717) is 0 Å². The molecular formula is C19H16. The summed E-state index contributed by atoms with van der Waals surface area (Å²) in [5.74, 6) is 0. The molecule has 19 heavy (non-hydrogen) atoms. The number of benzene rings is 3. The quantitative estimate of drug-likeness (QED) is 0.407. The Labute approximate surface area is 113 Å². The summed E-state index contributed by atoms with van der Waals surface area (Å²) < 4.78 is 0. The lowest BCUT2D eigenvalue weighted by molar-refractivity contribution is 1.20. The molecule has 0 N–H and O–H groups in total. The van der Waals surface area contributed by atoms with Crippen LogP contribution in [0.5, 0.6) is 0 Å². The molecule has 0 nitrogen and oxygen atoms in total. The van der Waals surface area contributed by atoms with Crippen LogP contribution in [0.15, 0.2) is 48.5 Å². The normalized spacial score (nSPS) is 12.5. The molecule has 3 aromatic rings. The van der Waals surface area contributed by atoms with E-state index in [1.807, 2.05) is 0 Å². The van der Waals surface area contributed by atoms with Crippen molar-refractivity contribution in [2.75, 3.05) is 0 Å². The summed E-state index contributed by atoms with van der Waals surface area (Å²) in [6.45, 7) is 4.52. The zero-order valence-electron chi connectivity index (χ0n) is 11.3. The molecule has 0 fully saturated rings. The summed E-state index contributed by atoms with van der Waals surface area (Å²) in [5.41, 5.74) is 8.78. The second-order valence-electron chi connectivity index (χ2n) is 5.48. The number of fused-ring (bicyclic) bond motifs is 5. The van der Waals surface area contributed by atoms with Crippen molar-refractivity contribution in [3.05, 3.63) is 70.8 Å². The van der Waals surface area contributed by atoms with E-state index in [1.165, 1.54) is 44.2 Å². The van der Waals surface area contributed by atoms with Crippen LogP contribution in [-0.2, 0) is 6.42 Å². The lowest BCUT2D eigenvalue weighted by Gasteiger charge is -2.13. The van der Waals surface area contributed by atoms with E-state index in [1.54, 1.807) is 0 Å². The molecule has 0 bridgehead atoms. The molecule has 0 saturated carbocycles. The van der Waals surface area contributed by atoms with Crippen LogP contribution < -0.4 is 0 Å². The molecule has 0 aromatic heterocycles. The number of rotatable bonds is 0. The van der Waals surface area contributed by atoms with E-state index in [9.17, 15) is 0 Å².